The summed E-state index contributed by atoms with van der Waals surface area (Å²) in [5.74, 6) is 1.63. The summed E-state index contributed by atoms with van der Waals surface area (Å²) in [5, 5.41) is 0. The smallest absolute Gasteiger partial charge is 0.159 e. The Balaban J connectivity index is 2.62. The van der Waals surface area contributed by atoms with Gasteiger partial charge in [-0.3, -0.25) is 0 Å². The highest BCUT2D eigenvalue weighted by atomic mass is 35.5. The van der Waals surface area contributed by atoms with Crippen molar-refractivity contribution in [3.05, 3.63) is 23.7 Å². The van der Waals surface area contributed by atoms with Gasteiger partial charge in [0, 0.05) is 25.0 Å². The van der Waals surface area contributed by atoms with E-state index >= 15 is 0 Å². The van der Waals surface area contributed by atoms with E-state index in [0.717, 1.165) is 35.5 Å². The van der Waals surface area contributed by atoms with Gasteiger partial charge in [-0.1, -0.05) is 0 Å². The van der Waals surface area contributed by atoms with Crippen LogP contribution in [0.15, 0.2) is 12.3 Å². The SMILES string of the molecule is CCn1c(CCCl)nc2cc(C)cnc21. The Morgan fingerprint density at radius 2 is 2.27 bits per heavy atom. The molecule has 0 aliphatic heterocycles. The Morgan fingerprint density at radius 1 is 1.47 bits per heavy atom. The fourth-order valence-electron chi connectivity index (χ4n) is 1.77. The van der Waals surface area contributed by atoms with Crippen LogP contribution in [0.3, 0.4) is 0 Å². The molecule has 0 saturated heterocycles. The first-order valence-corrected chi connectivity index (χ1v) is 5.67. The van der Waals surface area contributed by atoms with Crippen LogP contribution in [0.2, 0.25) is 0 Å². The summed E-state index contributed by atoms with van der Waals surface area (Å²) >= 11 is 5.75. The van der Waals surface area contributed by atoms with Gasteiger partial charge in [-0.25, -0.2) is 9.97 Å². The van der Waals surface area contributed by atoms with Gasteiger partial charge in [0.2, 0.25) is 0 Å². The van der Waals surface area contributed by atoms with Gasteiger partial charge in [0.05, 0.1) is 0 Å². The van der Waals surface area contributed by atoms with Gasteiger partial charge in [0.15, 0.2) is 5.65 Å². The number of halogens is 1. The van der Waals surface area contributed by atoms with Crippen molar-refractivity contribution in [2.24, 2.45) is 0 Å². The Labute approximate surface area is 94.1 Å². The summed E-state index contributed by atoms with van der Waals surface area (Å²) < 4.78 is 2.12. The quantitative estimate of drug-likeness (QED) is 0.749. The Bertz CT molecular complexity index is 476. The molecule has 2 heterocycles. The molecule has 0 radical (unpaired) electrons. The van der Waals surface area contributed by atoms with E-state index in [2.05, 4.69) is 27.5 Å². The Morgan fingerprint density at radius 3 is 2.93 bits per heavy atom. The van der Waals surface area contributed by atoms with E-state index in [4.69, 9.17) is 11.6 Å². The maximum Gasteiger partial charge on any atom is 0.159 e. The molecule has 0 bridgehead atoms. The fraction of sp³-hybridized carbons (Fsp3) is 0.455. The summed E-state index contributed by atoms with van der Waals surface area (Å²) in [6.45, 7) is 5.01. The van der Waals surface area contributed by atoms with E-state index in [0.29, 0.717) is 5.88 Å². The van der Waals surface area contributed by atoms with Gasteiger partial charge in [0.1, 0.15) is 11.3 Å². The number of aryl methyl sites for hydroxylation is 3. The van der Waals surface area contributed by atoms with Gasteiger partial charge in [-0.05, 0) is 25.5 Å². The molecule has 2 aromatic rings. The molecule has 0 aromatic carbocycles. The fourth-order valence-corrected chi connectivity index (χ4v) is 1.94. The van der Waals surface area contributed by atoms with Crippen molar-refractivity contribution < 1.29 is 0 Å². The third-order valence-corrected chi connectivity index (χ3v) is 2.62. The number of imidazole rings is 1. The van der Waals surface area contributed by atoms with E-state index in [1.807, 2.05) is 13.1 Å². The number of hydrogen-bond acceptors (Lipinski definition) is 2. The highest BCUT2D eigenvalue weighted by Crippen LogP contribution is 2.15. The topological polar surface area (TPSA) is 30.7 Å². The van der Waals surface area contributed by atoms with Crippen LogP contribution < -0.4 is 0 Å². The summed E-state index contributed by atoms with van der Waals surface area (Å²) in [5.41, 5.74) is 3.07. The largest absolute Gasteiger partial charge is 0.313 e. The van der Waals surface area contributed by atoms with Crippen LogP contribution >= 0.6 is 11.6 Å². The zero-order valence-electron chi connectivity index (χ0n) is 9.00. The normalized spacial score (nSPS) is 11.1. The molecule has 0 spiro atoms. The molecule has 4 heteroatoms. The van der Waals surface area contributed by atoms with Gasteiger partial charge >= 0.3 is 0 Å². The number of alkyl halides is 1. The highest BCUT2D eigenvalue weighted by Gasteiger charge is 2.09. The van der Waals surface area contributed by atoms with Crippen molar-refractivity contribution in [1.82, 2.24) is 14.5 Å². The monoisotopic (exact) mass is 223 g/mol. The Kier molecular flexibility index (Phi) is 2.91. The number of aromatic nitrogens is 3. The maximum atomic E-state index is 5.75. The van der Waals surface area contributed by atoms with Crippen molar-refractivity contribution in [2.75, 3.05) is 5.88 Å². The van der Waals surface area contributed by atoms with Crippen molar-refractivity contribution in [1.29, 1.82) is 0 Å². The zero-order valence-corrected chi connectivity index (χ0v) is 9.75. The third-order valence-electron chi connectivity index (χ3n) is 2.44. The predicted octanol–water partition coefficient (Wildman–Crippen LogP) is 2.54. The van der Waals surface area contributed by atoms with E-state index in [1.54, 1.807) is 0 Å². The van der Waals surface area contributed by atoms with E-state index in [-0.39, 0.29) is 0 Å². The lowest BCUT2D eigenvalue weighted by molar-refractivity contribution is 0.720. The summed E-state index contributed by atoms with van der Waals surface area (Å²) in [7, 11) is 0. The van der Waals surface area contributed by atoms with Crippen LogP contribution in [0.5, 0.6) is 0 Å². The summed E-state index contributed by atoms with van der Waals surface area (Å²) in [6.07, 6.45) is 2.67. The van der Waals surface area contributed by atoms with Crippen LogP contribution in [0, 0.1) is 6.92 Å². The predicted molar refractivity (Wildman–Crippen MR) is 62.4 cm³/mol. The van der Waals surface area contributed by atoms with Crippen LogP contribution in [0.1, 0.15) is 18.3 Å². The zero-order chi connectivity index (χ0) is 10.8. The molecular formula is C11H14ClN3. The van der Waals surface area contributed by atoms with E-state index < -0.39 is 0 Å². The lowest BCUT2D eigenvalue weighted by atomic mass is 10.3. The van der Waals surface area contributed by atoms with Crippen LogP contribution in [-0.2, 0) is 13.0 Å². The molecule has 0 amide bonds. The lowest BCUT2D eigenvalue weighted by Gasteiger charge is -2.02. The molecule has 2 aromatic heterocycles. The minimum atomic E-state index is 0.600. The minimum Gasteiger partial charge on any atom is -0.313 e. The second-order valence-corrected chi connectivity index (χ2v) is 3.94. The summed E-state index contributed by atoms with van der Waals surface area (Å²) in [4.78, 5) is 8.96. The average Bonchev–Trinajstić information content (AvgIpc) is 2.54. The molecule has 0 fully saturated rings. The number of fused-ring (bicyclic) bond motifs is 1. The molecule has 0 unspecified atom stereocenters. The van der Waals surface area contributed by atoms with Crippen LogP contribution in [-0.4, -0.2) is 20.4 Å². The van der Waals surface area contributed by atoms with Gasteiger partial charge in [0.25, 0.3) is 0 Å². The van der Waals surface area contributed by atoms with Crippen LogP contribution in [0.25, 0.3) is 11.2 Å². The molecule has 80 valence electrons. The van der Waals surface area contributed by atoms with Crippen molar-refractivity contribution in [3.8, 4) is 0 Å². The second-order valence-electron chi connectivity index (χ2n) is 3.57. The van der Waals surface area contributed by atoms with Gasteiger partial charge < -0.3 is 4.57 Å². The minimum absolute atomic E-state index is 0.600. The van der Waals surface area contributed by atoms with Crippen LogP contribution in [0.4, 0.5) is 0 Å². The molecule has 2 rings (SSSR count). The molecule has 15 heavy (non-hydrogen) atoms. The molecule has 0 aliphatic carbocycles. The molecular weight excluding hydrogens is 210 g/mol. The number of pyridine rings is 1. The average molecular weight is 224 g/mol. The Hall–Kier alpha value is -1.09. The van der Waals surface area contributed by atoms with Crippen molar-refractivity contribution in [3.63, 3.8) is 0 Å². The molecule has 0 N–H and O–H groups in total. The number of hydrogen-bond donors (Lipinski definition) is 0. The summed E-state index contributed by atoms with van der Waals surface area (Å²) in [6, 6.07) is 2.06. The van der Waals surface area contributed by atoms with Gasteiger partial charge in [-0.2, -0.15) is 0 Å². The molecule has 0 aliphatic rings. The van der Waals surface area contributed by atoms with Gasteiger partial charge in [-0.15, -0.1) is 11.6 Å². The first kappa shape index (κ1) is 10.4. The highest BCUT2D eigenvalue weighted by molar-refractivity contribution is 6.17. The van der Waals surface area contributed by atoms with Crippen molar-refractivity contribution in [2.45, 2.75) is 26.8 Å². The molecule has 0 saturated carbocycles. The number of rotatable bonds is 3. The first-order chi connectivity index (χ1) is 7.26. The maximum absolute atomic E-state index is 5.75. The third kappa shape index (κ3) is 1.84. The van der Waals surface area contributed by atoms with E-state index in [1.165, 1.54) is 0 Å². The first-order valence-electron chi connectivity index (χ1n) is 5.14. The molecule has 3 nitrogen and oxygen atoms in total. The number of nitrogens with zero attached hydrogens (tertiary/aromatic N) is 3. The van der Waals surface area contributed by atoms with Crippen molar-refractivity contribution >= 4 is 22.8 Å². The lowest BCUT2D eigenvalue weighted by Crippen LogP contribution is -2.03. The second kappa shape index (κ2) is 4.19. The van der Waals surface area contributed by atoms with E-state index in [9.17, 15) is 0 Å². The molecule has 0 atom stereocenters. The standard InChI is InChI=1S/C11H14ClN3/c1-3-15-10(4-5-12)14-9-6-8(2)7-13-11(9)15/h6-7H,3-5H2,1-2H3.